The van der Waals surface area contributed by atoms with Crippen LogP contribution < -0.4 is 5.73 Å². The molecule has 210 valence electrons. The van der Waals surface area contributed by atoms with E-state index in [1.54, 1.807) is 4.90 Å². The lowest BCUT2D eigenvalue weighted by atomic mass is 9.91. The summed E-state index contributed by atoms with van der Waals surface area (Å²) in [5, 5.41) is 9.95. The molecule has 0 radical (unpaired) electrons. The Hall–Kier alpha value is -4.09. The highest BCUT2D eigenvalue weighted by atomic mass is 16.6. The number of nitrogens with two attached hydrogens (primary N) is 1. The average molecular weight is 546 g/mol. The summed E-state index contributed by atoms with van der Waals surface area (Å²) < 4.78 is 13.2. The minimum atomic E-state index is -0.504. The summed E-state index contributed by atoms with van der Waals surface area (Å²) >= 11 is 0. The average Bonchev–Trinajstić information content (AvgIpc) is 3.54. The third-order valence-electron chi connectivity index (χ3n) is 7.41. The smallest absolute Gasteiger partial charge is 0.410 e. The van der Waals surface area contributed by atoms with Gasteiger partial charge in [-0.2, -0.15) is 5.10 Å². The monoisotopic (exact) mass is 545 g/mol. The zero-order valence-corrected chi connectivity index (χ0v) is 23.6. The molecule has 12 heteroatoms. The van der Waals surface area contributed by atoms with Crippen LogP contribution >= 0.6 is 0 Å². The summed E-state index contributed by atoms with van der Waals surface area (Å²) in [6.07, 6.45) is 8.66. The third-order valence-corrected chi connectivity index (χ3v) is 7.41. The Bertz CT molecular complexity index is 1540. The van der Waals surface area contributed by atoms with Crippen LogP contribution in [0, 0.1) is 0 Å². The number of nitrogens with zero attached hydrogens (tertiary/aromatic N) is 8. The number of rotatable bonds is 5. The SMILES string of the molecule is CC(C)n1nc(-c2noc(C3CC3)c2-c2ncc(C3CCN(C(=O)OC(C)(C)C)CC3)cn2)c2c(N)ncnc21. The van der Waals surface area contributed by atoms with Gasteiger partial charge in [0.15, 0.2) is 17.2 Å². The van der Waals surface area contributed by atoms with Crippen molar-refractivity contribution < 1.29 is 14.1 Å². The van der Waals surface area contributed by atoms with Crippen LogP contribution in [0.4, 0.5) is 10.6 Å². The van der Waals surface area contributed by atoms with Crippen molar-refractivity contribution in [3.63, 3.8) is 0 Å². The van der Waals surface area contributed by atoms with Crippen LogP contribution in [0.15, 0.2) is 23.2 Å². The molecule has 1 aliphatic carbocycles. The molecule has 1 aliphatic heterocycles. The van der Waals surface area contributed by atoms with Crippen LogP contribution in [0.2, 0.25) is 0 Å². The lowest BCUT2D eigenvalue weighted by Crippen LogP contribution is -2.41. The fraction of sp³-hybridized carbons (Fsp3) is 0.536. The summed E-state index contributed by atoms with van der Waals surface area (Å²) in [4.78, 5) is 32.5. The van der Waals surface area contributed by atoms with Gasteiger partial charge in [-0.05, 0) is 71.8 Å². The lowest BCUT2D eigenvalue weighted by molar-refractivity contribution is 0.0204. The number of carbonyl (C=O) groups excluding carboxylic acids is 1. The van der Waals surface area contributed by atoms with E-state index in [2.05, 4.69) is 15.1 Å². The quantitative estimate of drug-likeness (QED) is 0.359. The number of piperidine rings is 1. The van der Waals surface area contributed by atoms with Crippen LogP contribution in [-0.4, -0.2) is 64.6 Å². The fourth-order valence-electron chi connectivity index (χ4n) is 5.23. The number of carbonyl (C=O) groups is 1. The van der Waals surface area contributed by atoms with Gasteiger partial charge in [0, 0.05) is 37.4 Å². The first-order chi connectivity index (χ1) is 19.1. The number of nitrogen functional groups attached to an aromatic ring is 1. The summed E-state index contributed by atoms with van der Waals surface area (Å²) in [6.45, 7) is 11.0. The van der Waals surface area contributed by atoms with Gasteiger partial charge in [-0.3, -0.25) is 0 Å². The highest BCUT2D eigenvalue weighted by molar-refractivity contribution is 6.00. The molecule has 4 aromatic rings. The summed E-state index contributed by atoms with van der Waals surface area (Å²) in [6, 6.07) is 0.0565. The van der Waals surface area contributed by atoms with Gasteiger partial charge in [-0.15, -0.1) is 0 Å². The van der Waals surface area contributed by atoms with Gasteiger partial charge < -0.3 is 19.9 Å². The molecule has 1 saturated carbocycles. The van der Waals surface area contributed by atoms with E-state index in [1.807, 2.05) is 51.7 Å². The molecule has 12 nitrogen and oxygen atoms in total. The normalized spacial score (nSPS) is 16.7. The number of hydrogen-bond acceptors (Lipinski definition) is 10. The Labute approximate surface area is 232 Å². The van der Waals surface area contributed by atoms with Gasteiger partial charge in [0.25, 0.3) is 0 Å². The second-order valence-electron chi connectivity index (χ2n) is 12.0. The summed E-state index contributed by atoms with van der Waals surface area (Å²) in [5.74, 6) is 2.19. The lowest BCUT2D eigenvalue weighted by Gasteiger charge is -2.33. The first kappa shape index (κ1) is 26.1. The topological polar surface area (TPSA) is 151 Å². The summed E-state index contributed by atoms with van der Waals surface area (Å²) in [5.41, 5.74) is 9.35. The molecule has 1 amide bonds. The van der Waals surface area contributed by atoms with E-state index in [1.165, 1.54) is 6.33 Å². The Morgan fingerprint density at radius 2 is 1.73 bits per heavy atom. The van der Waals surface area contributed by atoms with E-state index in [0.717, 1.165) is 42.6 Å². The molecule has 2 aliphatic rings. The van der Waals surface area contributed by atoms with Crippen molar-refractivity contribution in [3.8, 4) is 22.8 Å². The predicted octanol–water partition coefficient (Wildman–Crippen LogP) is 5.09. The van der Waals surface area contributed by atoms with E-state index >= 15 is 0 Å². The van der Waals surface area contributed by atoms with Gasteiger partial charge in [-0.25, -0.2) is 29.4 Å². The number of ether oxygens (including phenoxy) is 1. The summed E-state index contributed by atoms with van der Waals surface area (Å²) in [7, 11) is 0. The van der Waals surface area contributed by atoms with Crippen molar-refractivity contribution in [2.45, 2.75) is 83.8 Å². The van der Waals surface area contributed by atoms with E-state index in [0.29, 0.717) is 47.2 Å². The molecule has 2 fully saturated rings. The predicted molar refractivity (Wildman–Crippen MR) is 148 cm³/mol. The van der Waals surface area contributed by atoms with Crippen molar-refractivity contribution in [1.82, 2.24) is 39.8 Å². The van der Waals surface area contributed by atoms with E-state index in [9.17, 15) is 4.79 Å². The van der Waals surface area contributed by atoms with E-state index in [4.69, 9.17) is 30.1 Å². The van der Waals surface area contributed by atoms with Gasteiger partial charge >= 0.3 is 6.09 Å². The fourth-order valence-corrected chi connectivity index (χ4v) is 5.23. The molecule has 0 atom stereocenters. The maximum Gasteiger partial charge on any atom is 0.410 e. The van der Waals surface area contributed by atoms with Gasteiger partial charge in [0.05, 0.1) is 10.9 Å². The molecule has 40 heavy (non-hydrogen) atoms. The maximum absolute atomic E-state index is 12.5. The number of anilines is 1. The Balaban J connectivity index is 1.30. The van der Waals surface area contributed by atoms with E-state index in [-0.39, 0.29) is 24.0 Å². The number of hydrogen-bond donors (Lipinski definition) is 1. The first-order valence-electron chi connectivity index (χ1n) is 13.9. The highest BCUT2D eigenvalue weighted by Gasteiger charge is 2.36. The Kier molecular flexibility index (Phi) is 6.42. The molecular weight excluding hydrogens is 510 g/mol. The minimum Gasteiger partial charge on any atom is -0.444 e. The molecule has 0 spiro atoms. The largest absolute Gasteiger partial charge is 0.444 e. The first-order valence-corrected chi connectivity index (χ1v) is 13.9. The van der Waals surface area contributed by atoms with Crippen LogP contribution in [0.5, 0.6) is 0 Å². The molecule has 6 rings (SSSR count). The van der Waals surface area contributed by atoms with Gasteiger partial charge in [0.2, 0.25) is 0 Å². The van der Waals surface area contributed by atoms with Crippen molar-refractivity contribution in [1.29, 1.82) is 0 Å². The second-order valence-corrected chi connectivity index (χ2v) is 12.0. The van der Waals surface area contributed by atoms with Crippen LogP contribution in [0.1, 0.15) is 89.5 Å². The minimum absolute atomic E-state index is 0.0565. The van der Waals surface area contributed by atoms with Crippen LogP contribution in [0.3, 0.4) is 0 Å². The molecule has 5 heterocycles. The molecule has 4 aromatic heterocycles. The zero-order chi connectivity index (χ0) is 28.2. The van der Waals surface area contributed by atoms with Gasteiger partial charge in [-0.1, -0.05) is 5.16 Å². The van der Waals surface area contributed by atoms with Crippen molar-refractivity contribution >= 4 is 22.9 Å². The van der Waals surface area contributed by atoms with E-state index < -0.39 is 5.60 Å². The second kappa shape index (κ2) is 9.83. The van der Waals surface area contributed by atoms with Crippen molar-refractivity contribution in [3.05, 3.63) is 30.0 Å². The Morgan fingerprint density at radius 1 is 1.02 bits per heavy atom. The Morgan fingerprint density at radius 3 is 2.35 bits per heavy atom. The third kappa shape index (κ3) is 4.86. The number of fused-ring (bicyclic) bond motifs is 1. The standard InChI is InChI=1S/C28H35N9O3/c1-15(2)37-26-20(24(29)32-14-33-26)21(34-37)22-19(23(40-35-22)17-6-7-17)25-30-12-18(13-31-25)16-8-10-36(11-9-16)27(38)39-28(3,4)5/h12-17H,6-11H2,1-5H3,(H2,29,32,33). The highest BCUT2D eigenvalue weighted by Crippen LogP contribution is 2.48. The maximum atomic E-state index is 12.5. The zero-order valence-electron chi connectivity index (χ0n) is 23.6. The molecule has 2 N–H and O–H groups in total. The van der Waals surface area contributed by atoms with Crippen molar-refractivity contribution in [2.24, 2.45) is 0 Å². The number of likely N-dealkylation sites (tertiary alicyclic amines) is 1. The molecule has 1 saturated heterocycles. The molecule has 0 aromatic carbocycles. The van der Waals surface area contributed by atoms with Crippen LogP contribution in [-0.2, 0) is 4.74 Å². The number of amides is 1. The molecular formula is C28H35N9O3. The van der Waals surface area contributed by atoms with Gasteiger partial charge in [0.1, 0.15) is 29.1 Å². The molecule has 0 unspecified atom stereocenters. The number of aromatic nitrogens is 7. The molecule has 0 bridgehead atoms. The van der Waals surface area contributed by atoms with Crippen LogP contribution in [0.25, 0.3) is 33.8 Å². The van der Waals surface area contributed by atoms with Crippen molar-refractivity contribution in [2.75, 3.05) is 18.8 Å².